The van der Waals surface area contributed by atoms with Gasteiger partial charge in [0.1, 0.15) is 5.82 Å². The molecule has 3 heteroatoms. The van der Waals surface area contributed by atoms with Crippen LogP contribution >= 0.6 is 0 Å². The van der Waals surface area contributed by atoms with Crippen molar-refractivity contribution in [2.24, 2.45) is 0 Å². The number of unbranched alkanes of at least 4 members (excludes halogenated alkanes) is 6. The molecule has 1 N–H and O–H groups in total. The van der Waals surface area contributed by atoms with E-state index >= 15 is 0 Å². The molecule has 1 aromatic carbocycles. The van der Waals surface area contributed by atoms with Crippen molar-refractivity contribution in [2.45, 2.75) is 58.3 Å². The van der Waals surface area contributed by atoms with Crippen LogP contribution in [0.4, 0.5) is 5.82 Å². The molecule has 24 heavy (non-hydrogen) atoms. The second-order valence-electron chi connectivity index (χ2n) is 6.24. The second kappa shape index (κ2) is 10.6. The highest BCUT2D eigenvalue weighted by Gasteiger charge is 2.06. The molecule has 0 unspecified atom stereocenters. The number of rotatable bonds is 10. The number of benzene rings is 1. The van der Waals surface area contributed by atoms with Gasteiger partial charge in [-0.3, -0.25) is 4.79 Å². The normalized spacial score (nSPS) is 10.5. The molecule has 2 rings (SSSR count). The molecule has 0 aliphatic heterocycles. The highest BCUT2D eigenvalue weighted by atomic mass is 16.1. The number of carbonyl (C=O) groups excluding carboxylic acids is 1. The number of aryl methyl sites for hydroxylation is 1. The molecule has 1 aromatic heterocycles. The molecule has 0 spiro atoms. The van der Waals surface area contributed by atoms with E-state index in [0.717, 1.165) is 6.42 Å². The number of nitrogens with zero attached hydrogens (tertiary/aromatic N) is 1. The van der Waals surface area contributed by atoms with Crippen LogP contribution in [0.15, 0.2) is 48.7 Å². The van der Waals surface area contributed by atoms with Crippen molar-refractivity contribution in [1.82, 2.24) is 4.98 Å². The molecule has 128 valence electrons. The minimum Gasteiger partial charge on any atom is -0.307 e. The Labute approximate surface area is 145 Å². The highest BCUT2D eigenvalue weighted by Crippen LogP contribution is 2.12. The lowest BCUT2D eigenvalue weighted by Gasteiger charge is -2.06. The Morgan fingerprint density at radius 3 is 2.29 bits per heavy atom. The third kappa shape index (κ3) is 6.53. The Hall–Kier alpha value is -2.16. The lowest BCUT2D eigenvalue weighted by Crippen LogP contribution is -2.12. The Morgan fingerprint density at radius 1 is 0.917 bits per heavy atom. The van der Waals surface area contributed by atoms with E-state index in [-0.39, 0.29) is 5.91 Å². The Kier molecular flexibility index (Phi) is 8.02. The van der Waals surface area contributed by atoms with Gasteiger partial charge in [-0.2, -0.15) is 0 Å². The average Bonchev–Trinajstić information content (AvgIpc) is 2.62. The standard InChI is InChI=1S/C21H28N2O/c1-2-3-4-5-6-7-8-11-18-13-15-19(16-14-18)21(24)23-20-12-9-10-17-22-20/h9-10,12-17H,2-8,11H2,1H3,(H,22,23,24). The number of carbonyl (C=O) groups is 1. The van der Waals surface area contributed by atoms with Gasteiger partial charge in [0.2, 0.25) is 0 Å². The summed E-state index contributed by atoms with van der Waals surface area (Å²) in [6.45, 7) is 2.25. The van der Waals surface area contributed by atoms with Crippen molar-refractivity contribution in [3.63, 3.8) is 0 Å². The van der Waals surface area contributed by atoms with Crippen LogP contribution in [0.2, 0.25) is 0 Å². The van der Waals surface area contributed by atoms with E-state index in [2.05, 4.69) is 29.4 Å². The van der Waals surface area contributed by atoms with Crippen LogP contribution in [-0.4, -0.2) is 10.9 Å². The third-order valence-corrected chi connectivity index (χ3v) is 4.19. The van der Waals surface area contributed by atoms with Gasteiger partial charge in [-0.1, -0.05) is 63.6 Å². The fourth-order valence-electron chi connectivity index (χ4n) is 2.73. The van der Waals surface area contributed by atoms with Gasteiger partial charge in [0.05, 0.1) is 0 Å². The van der Waals surface area contributed by atoms with Gasteiger partial charge in [-0.05, 0) is 42.7 Å². The summed E-state index contributed by atoms with van der Waals surface area (Å²) >= 11 is 0. The van der Waals surface area contributed by atoms with Crippen LogP contribution < -0.4 is 5.32 Å². The number of anilines is 1. The lowest BCUT2D eigenvalue weighted by molar-refractivity contribution is 0.102. The quantitative estimate of drug-likeness (QED) is 0.576. The smallest absolute Gasteiger partial charge is 0.256 e. The van der Waals surface area contributed by atoms with Crippen molar-refractivity contribution in [2.75, 3.05) is 5.32 Å². The first kappa shape index (κ1) is 18.2. The maximum absolute atomic E-state index is 12.2. The largest absolute Gasteiger partial charge is 0.307 e. The summed E-state index contributed by atoms with van der Waals surface area (Å²) in [4.78, 5) is 16.3. The molecule has 2 aromatic rings. The lowest BCUT2D eigenvalue weighted by atomic mass is 10.0. The molecule has 0 aliphatic rings. The molecule has 0 bridgehead atoms. The van der Waals surface area contributed by atoms with E-state index in [1.54, 1.807) is 12.3 Å². The van der Waals surface area contributed by atoms with Crippen LogP contribution in [0.1, 0.15) is 67.8 Å². The first-order chi connectivity index (χ1) is 11.8. The summed E-state index contributed by atoms with van der Waals surface area (Å²) in [5, 5.41) is 2.80. The molecule has 0 saturated heterocycles. The second-order valence-corrected chi connectivity index (χ2v) is 6.24. The number of hydrogen-bond acceptors (Lipinski definition) is 2. The summed E-state index contributed by atoms with van der Waals surface area (Å²) in [6.07, 6.45) is 12.0. The zero-order chi connectivity index (χ0) is 17.0. The minimum atomic E-state index is -0.115. The summed E-state index contributed by atoms with van der Waals surface area (Å²) in [5.41, 5.74) is 1.97. The summed E-state index contributed by atoms with van der Waals surface area (Å²) in [7, 11) is 0. The molecule has 1 heterocycles. The molecule has 0 radical (unpaired) electrons. The summed E-state index contributed by atoms with van der Waals surface area (Å²) in [5.74, 6) is 0.464. The molecule has 0 fully saturated rings. The van der Waals surface area contributed by atoms with Crippen molar-refractivity contribution < 1.29 is 4.79 Å². The van der Waals surface area contributed by atoms with Crippen molar-refractivity contribution >= 4 is 11.7 Å². The van der Waals surface area contributed by atoms with Gasteiger partial charge < -0.3 is 5.32 Å². The maximum Gasteiger partial charge on any atom is 0.256 e. The zero-order valence-electron chi connectivity index (χ0n) is 14.6. The van der Waals surface area contributed by atoms with Gasteiger partial charge in [-0.25, -0.2) is 4.98 Å². The number of pyridine rings is 1. The molecule has 3 nitrogen and oxygen atoms in total. The summed E-state index contributed by atoms with van der Waals surface area (Å²) in [6, 6.07) is 13.4. The fraction of sp³-hybridized carbons (Fsp3) is 0.429. The predicted molar refractivity (Wildman–Crippen MR) is 100 cm³/mol. The average molecular weight is 324 g/mol. The number of aromatic nitrogens is 1. The molecule has 0 aliphatic carbocycles. The molecule has 1 amide bonds. The Morgan fingerprint density at radius 2 is 1.62 bits per heavy atom. The topological polar surface area (TPSA) is 42.0 Å². The molecular formula is C21H28N2O. The van der Waals surface area contributed by atoms with Gasteiger partial charge in [0, 0.05) is 11.8 Å². The van der Waals surface area contributed by atoms with Crippen molar-refractivity contribution in [1.29, 1.82) is 0 Å². The first-order valence-electron chi connectivity index (χ1n) is 9.11. The number of nitrogens with one attached hydrogen (secondary N) is 1. The number of hydrogen-bond donors (Lipinski definition) is 1. The van der Waals surface area contributed by atoms with Gasteiger partial charge in [0.15, 0.2) is 0 Å². The van der Waals surface area contributed by atoms with Gasteiger partial charge in [0.25, 0.3) is 5.91 Å². The van der Waals surface area contributed by atoms with E-state index in [9.17, 15) is 4.79 Å². The fourth-order valence-corrected chi connectivity index (χ4v) is 2.73. The Balaban J connectivity index is 1.71. The van der Waals surface area contributed by atoms with Gasteiger partial charge in [-0.15, -0.1) is 0 Å². The van der Waals surface area contributed by atoms with Crippen LogP contribution in [0.5, 0.6) is 0 Å². The predicted octanol–water partition coefficient (Wildman–Crippen LogP) is 5.63. The first-order valence-corrected chi connectivity index (χ1v) is 9.11. The van der Waals surface area contributed by atoms with Crippen LogP contribution in [0.3, 0.4) is 0 Å². The number of amides is 1. The van der Waals surface area contributed by atoms with Crippen LogP contribution in [-0.2, 0) is 6.42 Å². The Bertz CT molecular complexity index is 593. The molecule has 0 saturated carbocycles. The van der Waals surface area contributed by atoms with E-state index < -0.39 is 0 Å². The van der Waals surface area contributed by atoms with E-state index in [1.807, 2.05) is 24.3 Å². The SMILES string of the molecule is CCCCCCCCCc1ccc(C(=O)Nc2ccccn2)cc1. The molecule has 0 atom stereocenters. The minimum absolute atomic E-state index is 0.115. The van der Waals surface area contributed by atoms with Crippen molar-refractivity contribution in [3.8, 4) is 0 Å². The van der Waals surface area contributed by atoms with E-state index in [0.29, 0.717) is 11.4 Å². The third-order valence-electron chi connectivity index (χ3n) is 4.19. The maximum atomic E-state index is 12.2. The molecular weight excluding hydrogens is 296 g/mol. The van der Waals surface area contributed by atoms with Crippen molar-refractivity contribution in [3.05, 3.63) is 59.8 Å². The highest BCUT2D eigenvalue weighted by molar-refractivity contribution is 6.03. The summed E-state index contributed by atoms with van der Waals surface area (Å²) < 4.78 is 0. The monoisotopic (exact) mass is 324 g/mol. The van der Waals surface area contributed by atoms with Gasteiger partial charge >= 0.3 is 0 Å². The zero-order valence-corrected chi connectivity index (χ0v) is 14.6. The van der Waals surface area contributed by atoms with E-state index in [1.165, 1.54) is 50.5 Å². The van der Waals surface area contributed by atoms with E-state index in [4.69, 9.17) is 0 Å². The van der Waals surface area contributed by atoms with Crippen LogP contribution in [0, 0.1) is 0 Å². The van der Waals surface area contributed by atoms with Crippen LogP contribution in [0.25, 0.3) is 0 Å².